The first-order valence-electron chi connectivity index (χ1n) is 10.2. The maximum Gasteiger partial charge on any atom is 0.326 e. The fraction of sp³-hybridized carbons (Fsp3) is 0.167. The normalized spacial score (nSPS) is 10.3. The van der Waals surface area contributed by atoms with Gasteiger partial charge >= 0.3 is 12.1 Å². The highest BCUT2D eigenvalue weighted by Crippen LogP contribution is 2.19. The molecule has 3 aromatic carbocycles. The Labute approximate surface area is 196 Å². The van der Waals surface area contributed by atoms with Crippen LogP contribution in [0.15, 0.2) is 72.8 Å². The van der Waals surface area contributed by atoms with Gasteiger partial charge in [-0.1, -0.05) is 17.7 Å². The third-order valence-corrected chi connectivity index (χ3v) is 4.90. The number of amides is 4. The number of carbonyl (C=O) groups is 2. The van der Waals surface area contributed by atoms with E-state index in [0.717, 1.165) is 0 Å². The highest BCUT2D eigenvalue weighted by atomic mass is 35.5. The molecule has 0 aliphatic carbocycles. The molecular formula is C24H24ClFN4O3. The zero-order chi connectivity index (χ0) is 23.6. The number of halogens is 2. The van der Waals surface area contributed by atoms with Gasteiger partial charge in [0.05, 0.1) is 7.11 Å². The summed E-state index contributed by atoms with van der Waals surface area (Å²) in [5.74, 6) is 0.238. The summed E-state index contributed by atoms with van der Waals surface area (Å²) < 4.78 is 18.5. The molecule has 4 amide bonds. The second kappa shape index (κ2) is 11.7. The van der Waals surface area contributed by atoms with Crippen molar-refractivity contribution in [1.82, 2.24) is 5.32 Å². The standard InChI is InChI=1S/C24H24ClFN4O3/c1-33-22-5-2-4-20(16-22)28-23(31)27-14-3-15-30(21-12-8-18(26)9-13-21)24(32)29-19-10-6-17(25)7-11-19/h2,4-13,16H,3,14-15H2,1H3,(H,29,32)(H2,27,28,31). The zero-order valence-electron chi connectivity index (χ0n) is 18.0. The number of urea groups is 2. The number of methoxy groups -OCH3 is 1. The number of nitrogens with zero attached hydrogens (tertiary/aromatic N) is 1. The Morgan fingerprint density at radius 2 is 1.70 bits per heavy atom. The van der Waals surface area contributed by atoms with Crippen LogP contribution in [0.4, 0.5) is 31.0 Å². The topological polar surface area (TPSA) is 82.7 Å². The Hall–Kier alpha value is -3.78. The van der Waals surface area contributed by atoms with Gasteiger partial charge < -0.3 is 20.7 Å². The molecule has 172 valence electrons. The minimum absolute atomic E-state index is 0.296. The van der Waals surface area contributed by atoms with Crippen LogP contribution < -0.4 is 25.6 Å². The van der Waals surface area contributed by atoms with Crippen LogP contribution in [0.5, 0.6) is 5.75 Å². The minimum atomic E-state index is -0.396. The highest BCUT2D eigenvalue weighted by Gasteiger charge is 2.16. The monoisotopic (exact) mass is 470 g/mol. The molecule has 0 fully saturated rings. The number of rotatable bonds is 8. The fourth-order valence-corrected chi connectivity index (χ4v) is 3.13. The lowest BCUT2D eigenvalue weighted by molar-refractivity contribution is 0.252. The van der Waals surface area contributed by atoms with Gasteiger partial charge in [0.1, 0.15) is 11.6 Å². The van der Waals surface area contributed by atoms with Crippen LogP contribution in [0.25, 0.3) is 0 Å². The molecule has 3 rings (SSSR count). The maximum atomic E-state index is 13.4. The Kier molecular flexibility index (Phi) is 8.49. The Morgan fingerprint density at radius 3 is 2.39 bits per heavy atom. The summed E-state index contributed by atoms with van der Waals surface area (Å²) in [4.78, 5) is 26.5. The number of carbonyl (C=O) groups excluding carboxylic acids is 2. The van der Waals surface area contributed by atoms with Gasteiger partial charge in [-0.2, -0.15) is 0 Å². The van der Waals surface area contributed by atoms with Crippen molar-refractivity contribution in [1.29, 1.82) is 0 Å². The third-order valence-electron chi connectivity index (χ3n) is 4.65. The van der Waals surface area contributed by atoms with Crippen molar-refractivity contribution in [3.63, 3.8) is 0 Å². The largest absolute Gasteiger partial charge is 0.497 e. The van der Waals surface area contributed by atoms with Crippen LogP contribution in [-0.2, 0) is 0 Å². The van der Waals surface area contributed by atoms with Crippen LogP contribution in [0.3, 0.4) is 0 Å². The summed E-state index contributed by atoms with van der Waals surface area (Å²) in [6, 6.07) is 18.6. The summed E-state index contributed by atoms with van der Waals surface area (Å²) in [6.07, 6.45) is 0.469. The van der Waals surface area contributed by atoms with Gasteiger partial charge in [-0.3, -0.25) is 4.90 Å². The lowest BCUT2D eigenvalue weighted by atomic mass is 10.2. The van der Waals surface area contributed by atoms with E-state index in [0.29, 0.717) is 47.3 Å². The van der Waals surface area contributed by atoms with E-state index in [9.17, 15) is 14.0 Å². The quantitative estimate of drug-likeness (QED) is 0.367. The van der Waals surface area contributed by atoms with Crippen molar-refractivity contribution in [2.24, 2.45) is 0 Å². The van der Waals surface area contributed by atoms with Crippen molar-refractivity contribution in [2.75, 3.05) is 35.7 Å². The van der Waals surface area contributed by atoms with Crippen molar-refractivity contribution in [2.45, 2.75) is 6.42 Å². The highest BCUT2D eigenvalue weighted by molar-refractivity contribution is 6.30. The van der Waals surface area contributed by atoms with Crippen molar-refractivity contribution >= 4 is 40.7 Å². The molecule has 9 heteroatoms. The van der Waals surface area contributed by atoms with Crippen LogP contribution >= 0.6 is 11.6 Å². The lowest BCUT2D eigenvalue weighted by Gasteiger charge is -2.23. The van der Waals surface area contributed by atoms with Crippen LogP contribution in [-0.4, -0.2) is 32.3 Å². The molecule has 0 atom stereocenters. The van der Waals surface area contributed by atoms with E-state index in [4.69, 9.17) is 16.3 Å². The molecule has 0 spiro atoms. The average Bonchev–Trinajstić information content (AvgIpc) is 2.81. The van der Waals surface area contributed by atoms with E-state index in [2.05, 4.69) is 16.0 Å². The molecule has 0 aliphatic heterocycles. The Bertz CT molecular complexity index is 1080. The number of hydrogen-bond donors (Lipinski definition) is 3. The third kappa shape index (κ3) is 7.40. The summed E-state index contributed by atoms with van der Waals surface area (Å²) >= 11 is 5.89. The molecule has 7 nitrogen and oxygen atoms in total. The molecule has 0 unspecified atom stereocenters. The van der Waals surface area contributed by atoms with Gasteiger partial charge in [0.15, 0.2) is 0 Å². The van der Waals surface area contributed by atoms with Gasteiger partial charge in [-0.05, 0) is 67.1 Å². The van der Waals surface area contributed by atoms with Gasteiger partial charge in [0, 0.05) is 41.2 Å². The molecule has 0 bridgehead atoms. The molecule has 3 N–H and O–H groups in total. The molecule has 0 radical (unpaired) electrons. The maximum absolute atomic E-state index is 13.4. The van der Waals surface area contributed by atoms with Gasteiger partial charge in [-0.25, -0.2) is 14.0 Å². The van der Waals surface area contributed by atoms with E-state index in [1.54, 1.807) is 55.6 Å². The number of nitrogens with one attached hydrogen (secondary N) is 3. The second-order valence-corrected chi connectivity index (χ2v) is 7.47. The molecule has 0 saturated carbocycles. The summed E-state index contributed by atoms with van der Waals surface area (Å²) in [6.45, 7) is 0.617. The first-order valence-corrected chi connectivity index (χ1v) is 10.6. The molecular weight excluding hydrogens is 447 g/mol. The summed E-state index contributed by atoms with van der Waals surface area (Å²) in [7, 11) is 1.55. The van der Waals surface area contributed by atoms with Gasteiger partial charge in [0.2, 0.25) is 0 Å². The van der Waals surface area contributed by atoms with E-state index < -0.39 is 5.82 Å². The predicted molar refractivity (Wildman–Crippen MR) is 129 cm³/mol. The van der Waals surface area contributed by atoms with E-state index in [1.807, 2.05) is 0 Å². The first-order chi connectivity index (χ1) is 15.9. The Balaban J connectivity index is 1.56. The minimum Gasteiger partial charge on any atom is -0.497 e. The zero-order valence-corrected chi connectivity index (χ0v) is 18.7. The fourth-order valence-electron chi connectivity index (χ4n) is 3.01. The van der Waals surface area contributed by atoms with Crippen molar-refractivity contribution in [3.8, 4) is 5.75 Å². The van der Waals surface area contributed by atoms with Crippen molar-refractivity contribution in [3.05, 3.63) is 83.6 Å². The molecule has 0 aromatic heterocycles. The molecule has 33 heavy (non-hydrogen) atoms. The Morgan fingerprint density at radius 1 is 0.970 bits per heavy atom. The lowest BCUT2D eigenvalue weighted by Crippen LogP contribution is -2.38. The van der Waals surface area contributed by atoms with E-state index in [-0.39, 0.29) is 12.1 Å². The number of benzene rings is 3. The van der Waals surface area contributed by atoms with Crippen LogP contribution in [0, 0.1) is 5.82 Å². The van der Waals surface area contributed by atoms with Crippen LogP contribution in [0.1, 0.15) is 6.42 Å². The van der Waals surface area contributed by atoms with E-state index >= 15 is 0 Å². The second-order valence-electron chi connectivity index (χ2n) is 7.03. The van der Waals surface area contributed by atoms with Gasteiger partial charge in [-0.15, -0.1) is 0 Å². The molecule has 0 aliphatic rings. The molecule has 0 heterocycles. The average molecular weight is 471 g/mol. The SMILES string of the molecule is COc1cccc(NC(=O)NCCCN(C(=O)Nc2ccc(Cl)cc2)c2ccc(F)cc2)c1. The molecule has 3 aromatic rings. The number of anilines is 3. The van der Waals surface area contributed by atoms with Crippen molar-refractivity contribution < 1.29 is 18.7 Å². The number of ether oxygens (including phenoxy) is 1. The smallest absolute Gasteiger partial charge is 0.326 e. The van der Waals surface area contributed by atoms with Crippen LogP contribution in [0.2, 0.25) is 5.02 Å². The summed E-state index contributed by atoms with van der Waals surface area (Å²) in [5, 5.41) is 8.84. The molecule has 0 saturated heterocycles. The van der Waals surface area contributed by atoms with E-state index in [1.165, 1.54) is 29.2 Å². The first kappa shape index (κ1) is 23.9. The summed E-state index contributed by atoms with van der Waals surface area (Å²) in [5.41, 5.74) is 1.71. The number of hydrogen-bond acceptors (Lipinski definition) is 3. The van der Waals surface area contributed by atoms with Gasteiger partial charge in [0.25, 0.3) is 0 Å². The predicted octanol–water partition coefficient (Wildman–Crippen LogP) is 5.74.